The van der Waals surface area contributed by atoms with E-state index in [2.05, 4.69) is 15.5 Å². The summed E-state index contributed by atoms with van der Waals surface area (Å²) in [5.74, 6) is 1.60. The van der Waals surface area contributed by atoms with Gasteiger partial charge in [-0.05, 0) is 31.9 Å². The lowest BCUT2D eigenvalue weighted by Crippen LogP contribution is -2.18. The summed E-state index contributed by atoms with van der Waals surface area (Å²) in [7, 11) is -3.72. The van der Waals surface area contributed by atoms with Crippen LogP contribution < -0.4 is 5.32 Å². The van der Waals surface area contributed by atoms with Crippen LogP contribution in [-0.2, 0) is 22.8 Å². The van der Waals surface area contributed by atoms with E-state index in [-0.39, 0.29) is 16.6 Å². The molecule has 1 aliphatic rings. The molecule has 3 rings (SSSR count). The predicted octanol–water partition coefficient (Wildman–Crippen LogP) is 2.10. The van der Waals surface area contributed by atoms with Crippen LogP contribution in [-0.4, -0.2) is 34.4 Å². The highest BCUT2D eigenvalue weighted by molar-refractivity contribution is 7.90. The molecule has 0 aliphatic carbocycles. The van der Waals surface area contributed by atoms with Crippen molar-refractivity contribution in [1.29, 1.82) is 0 Å². The molecule has 0 amide bonds. The summed E-state index contributed by atoms with van der Waals surface area (Å²) in [6, 6.07) is 3.87. The van der Waals surface area contributed by atoms with Crippen LogP contribution in [0.1, 0.15) is 37.5 Å². The smallest absolute Gasteiger partial charge is 0.310 e. The van der Waals surface area contributed by atoms with E-state index in [9.17, 15) is 18.5 Å². The highest BCUT2D eigenvalue weighted by atomic mass is 32.2. The third kappa shape index (κ3) is 3.34. The first-order valence-corrected chi connectivity index (χ1v) is 9.84. The fourth-order valence-corrected chi connectivity index (χ4v) is 3.94. The number of hydrogen-bond donors (Lipinski definition) is 1. The minimum atomic E-state index is -3.72. The molecular formula is C15H19N5O4S. The molecule has 134 valence electrons. The molecule has 1 aromatic carbocycles. The number of aromatic nitrogens is 3. The first-order valence-electron chi connectivity index (χ1n) is 7.95. The van der Waals surface area contributed by atoms with Gasteiger partial charge in [-0.25, -0.2) is 8.42 Å². The second-order valence-electron chi connectivity index (χ2n) is 6.13. The number of anilines is 1. The van der Waals surface area contributed by atoms with E-state index in [0.29, 0.717) is 5.82 Å². The fourth-order valence-electron chi connectivity index (χ4n) is 3.08. The van der Waals surface area contributed by atoms with Crippen molar-refractivity contribution in [3.63, 3.8) is 0 Å². The predicted molar refractivity (Wildman–Crippen MR) is 91.2 cm³/mol. The molecule has 2 heterocycles. The summed E-state index contributed by atoms with van der Waals surface area (Å²) in [4.78, 5) is 10.5. The normalized spacial score (nSPS) is 15.4. The maximum absolute atomic E-state index is 11.9. The van der Waals surface area contributed by atoms with E-state index in [4.69, 9.17) is 0 Å². The molecule has 9 nitrogen and oxygen atoms in total. The van der Waals surface area contributed by atoms with Gasteiger partial charge in [-0.3, -0.25) is 10.1 Å². The van der Waals surface area contributed by atoms with Crippen LogP contribution in [0, 0.1) is 10.1 Å². The van der Waals surface area contributed by atoms with Gasteiger partial charge < -0.3 is 9.88 Å². The van der Waals surface area contributed by atoms with Gasteiger partial charge in [0.2, 0.25) is 0 Å². The second-order valence-corrected chi connectivity index (χ2v) is 8.11. The third-order valence-corrected chi connectivity index (χ3v) is 5.36. The molecular weight excluding hydrogens is 346 g/mol. The van der Waals surface area contributed by atoms with Crippen LogP contribution in [0.5, 0.6) is 0 Å². The summed E-state index contributed by atoms with van der Waals surface area (Å²) in [6.07, 6.45) is 3.93. The number of aryl methyl sites for hydroxylation is 1. The summed E-state index contributed by atoms with van der Waals surface area (Å²) in [5.41, 5.74) is -0.302. The van der Waals surface area contributed by atoms with Gasteiger partial charge in [-0.1, -0.05) is 6.07 Å². The number of para-hydroxylation sites is 1. The van der Waals surface area contributed by atoms with Gasteiger partial charge in [0.15, 0.2) is 15.7 Å². The number of fused-ring (bicyclic) bond motifs is 1. The van der Waals surface area contributed by atoms with Gasteiger partial charge in [0.05, 0.1) is 11.0 Å². The molecule has 1 aromatic heterocycles. The molecule has 1 unspecified atom stereocenters. The minimum Gasteiger partial charge on any atom is -0.370 e. The molecule has 1 aliphatic heterocycles. The van der Waals surface area contributed by atoms with Crippen molar-refractivity contribution in [3.8, 4) is 0 Å². The van der Waals surface area contributed by atoms with Gasteiger partial charge in [-0.15, -0.1) is 10.2 Å². The highest BCUT2D eigenvalue weighted by Gasteiger charge is 2.28. The first-order chi connectivity index (χ1) is 11.8. The van der Waals surface area contributed by atoms with E-state index >= 15 is 0 Å². The Kier molecular flexibility index (Phi) is 4.46. The van der Waals surface area contributed by atoms with Crippen molar-refractivity contribution in [2.75, 3.05) is 11.6 Å². The summed E-state index contributed by atoms with van der Waals surface area (Å²) < 4.78 is 25.7. The van der Waals surface area contributed by atoms with Gasteiger partial charge in [0.1, 0.15) is 16.4 Å². The number of nitrogens with one attached hydrogen (secondary N) is 1. The van der Waals surface area contributed by atoms with E-state index in [1.54, 1.807) is 0 Å². The molecule has 0 spiro atoms. The lowest BCUT2D eigenvalue weighted by molar-refractivity contribution is -0.386. The number of nitro groups is 1. The van der Waals surface area contributed by atoms with Gasteiger partial charge in [0, 0.05) is 19.2 Å². The monoisotopic (exact) mass is 365 g/mol. The molecule has 0 bridgehead atoms. The zero-order valence-electron chi connectivity index (χ0n) is 14.0. The van der Waals surface area contributed by atoms with Crippen LogP contribution >= 0.6 is 0 Å². The highest BCUT2D eigenvalue weighted by Crippen LogP contribution is 2.34. The Morgan fingerprint density at radius 1 is 1.32 bits per heavy atom. The van der Waals surface area contributed by atoms with Crippen molar-refractivity contribution in [3.05, 3.63) is 40.0 Å². The molecule has 0 fully saturated rings. The standard InChI is InChI=1S/C15H19N5O4S/c1-10(15-18-17-13-8-3-4-9-19(13)15)16-11-6-5-7-12(25(2,23)24)14(11)20(21)22/h5-7,10,16H,3-4,8-9H2,1-2H3. The van der Waals surface area contributed by atoms with Crippen molar-refractivity contribution in [2.45, 2.75) is 43.7 Å². The number of sulfone groups is 1. The fraction of sp³-hybridized carbons (Fsp3) is 0.467. The Morgan fingerprint density at radius 3 is 2.76 bits per heavy atom. The SMILES string of the molecule is CC(Nc1cccc(S(C)(=O)=O)c1[N+](=O)[O-])c1nnc2n1CCCC2. The number of benzene rings is 1. The molecule has 10 heteroatoms. The molecule has 1 N–H and O–H groups in total. The summed E-state index contributed by atoms with van der Waals surface area (Å²) in [5, 5.41) is 22.9. The average Bonchev–Trinajstić information content (AvgIpc) is 2.97. The van der Waals surface area contributed by atoms with Crippen LogP contribution in [0.3, 0.4) is 0 Å². The quantitative estimate of drug-likeness (QED) is 0.636. The lowest BCUT2D eigenvalue weighted by Gasteiger charge is -2.19. The van der Waals surface area contributed by atoms with Gasteiger partial charge >= 0.3 is 5.69 Å². The number of nitro benzene ring substituents is 1. The van der Waals surface area contributed by atoms with Crippen molar-refractivity contribution >= 4 is 21.2 Å². The maximum Gasteiger partial charge on any atom is 0.310 e. The molecule has 1 atom stereocenters. The first kappa shape index (κ1) is 17.3. The van der Waals surface area contributed by atoms with E-state index in [1.807, 2.05) is 11.5 Å². The van der Waals surface area contributed by atoms with Gasteiger partial charge in [0.25, 0.3) is 0 Å². The number of nitrogens with zero attached hydrogens (tertiary/aromatic N) is 4. The Morgan fingerprint density at radius 2 is 2.08 bits per heavy atom. The topological polar surface area (TPSA) is 120 Å². The molecule has 2 aromatic rings. The van der Waals surface area contributed by atoms with Gasteiger partial charge in [-0.2, -0.15) is 0 Å². The van der Waals surface area contributed by atoms with Crippen LogP contribution in [0.2, 0.25) is 0 Å². The van der Waals surface area contributed by atoms with Crippen molar-refractivity contribution in [1.82, 2.24) is 14.8 Å². The zero-order valence-corrected chi connectivity index (χ0v) is 14.8. The molecule has 0 saturated carbocycles. The van der Waals surface area contributed by atoms with Crippen LogP contribution in [0.4, 0.5) is 11.4 Å². The third-order valence-electron chi connectivity index (χ3n) is 4.23. The van der Waals surface area contributed by atoms with E-state index in [1.165, 1.54) is 18.2 Å². The molecule has 25 heavy (non-hydrogen) atoms. The summed E-state index contributed by atoms with van der Waals surface area (Å²) in [6.45, 7) is 2.64. The van der Waals surface area contributed by atoms with Crippen molar-refractivity contribution in [2.24, 2.45) is 0 Å². The van der Waals surface area contributed by atoms with Crippen LogP contribution in [0.25, 0.3) is 0 Å². The summed E-state index contributed by atoms with van der Waals surface area (Å²) >= 11 is 0. The Balaban J connectivity index is 1.98. The Hall–Kier alpha value is -2.49. The molecule has 0 radical (unpaired) electrons. The largest absolute Gasteiger partial charge is 0.370 e. The average molecular weight is 365 g/mol. The second kappa shape index (κ2) is 6.43. The molecule has 0 saturated heterocycles. The number of hydrogen-bond acceptors (Lipinski definition) is 7. The van der Waals surface area contributed by atoms with E-state index in [0.717, 1.165) is 37.9 Å². The number of rotatable bonds is 5. The Labute approximate surface area is 145 Å². The Bertz CT molecular complexity index is 922. The lowest BCUT2D eigenvalue weighted by atomic mass is 10.1. The van der Waals surface area contributed by atoms with Crippen LogP contribution in [0.15, 0.2) is 23.1 Å². The van der Waals surface area contributed by atoms with Crippen molar-refractivity contribution < 1.29 is 13.3 Å². The minimum absolute atomic E-state index is 0.147. The zero-order chi connectivity index (χ0) is 18.2. The van der Waals surface area contributed by atoms with E-state index < -0.39 is 20.4 Å². The maximum atomic E-state index is 11.9.